The Kier molecular flexibility index (Phi) is 8.07. The maximum atomic E-state index is 13.9. The van der Waals surface area contributed by atoms with Gasteiger partial charge in [-0.2, -0.15) is 5.26 Å². The molecule has 2 aliphatic rings. The number of hydrogen-bond acceptors (Lipinski definition) is 7. The van der Waals surface area contributed by atoms with Gasteiger partial charge in [-0.1, -0.05) is 55.5 Å². The summed E-state index contributed by atoms with van der Waals surface area (Å²) in [6.07, 6.45) is 5.44. The zero-order chi connectivity index (χ0) is 29.4. The van der Waals surface area contributed by atoms with Crippen molar-refractivity contribution in [1.82, 2.24) is 13.9 Å². The number of hydrogen-bond donors (Lipinski definition) is 0. The van der Waals surface area contributed by atoms with Gasteiger partial charge in [-0.3, -0.25) is 28.5 Å². The first kappa shape index (κ1) is 28.6. The molecule has 5 rings (SSSR count). The standard InChI is InChI=1S/C30H32N6O3S2/c1-5-6-16-34-26(33-14-10-11-15-33)22(19(2)23(18-31)27(34)37)17-24-28(38)35(30(40)41-24)25-20(3)32(4)36(29(25)39)21-12-8-7-9-13-21/h7-9,12-13,17H,5-6,10-11,14-16H2,1-4H3/b24-17+. The van der Waals surface area contributed by atoms with Crippen LogP contribution in [-0.2, 0) is 18.4 Å². The van der Waals surface area contributed by atoms with Crippen molar-refractivity contribution in [2.45, 2.75) is 53.0 Å². The molecule has 212 valence electrons. The molecule has 1 amide bonds. The average molecular weight is 589 g/mol. The first-order valence-corrected chi connectivity index (χ1v) is 15.0. The second-order valence-electron chi connectivity index (χ2n) is 10.3. The minimum absolute atomic E-state index is 0.0791. The molecule has 0 unspecified atom stereocenters. The Hall–Kier alpha value is -3.88. The van der Waals surface area contributed by atoms with Crippen molar-refractivity contribution >= 4 is 51.8 Å². The molecule has 2 aromatic heterocycles. The number of carbonyl (C=O) groups excluding carboxylic acids is 1. The van der Waals surface area contributed by atoms with Gasteiger partial charge < -0.3 is 4.90 Å². The summed E-state index contributed by atoms with van der Waals surface area (Å²) in [5.41, 5.74) is 2.14. The Morgan fingerprint density at radius 1 is 1.07 bits per heavy atom. The molecule has 0 aliphatic carbocycles. The van der Waals surface area contributed by atoms with Gasteiger partial charge in [-0.25, -0.2) is 4.68 Å². The summed E-state index contributed by atoms with van der Waals surface area (Å²) in [6.45, 7) is 7.68. The lowest BCUT2D eigenvalue weighted by atomic mass is 10.0. The van der Waals surface area contributed by atoms with Crippen molar-refractivity contribution in [1.29, 1.82) is 5.26 Å². The van der Waals surface area contributed by atoms with Gasteiger partial charge in [0.05, 0.1) is 16.3 Å². The van der Waals surface area contributed by atoms with Crippen LogP contribution < -0.4 is 20.9 Å². The highest BCUT2D eigenvalue weighted by molar-refractivity contribution is 8.27. The third-order valence-corrected chi connectivity index (χ3v) is 9.11. The minimum atomic E-state index is -0.400. The molecular formula is C30H32N6O3S2. The van der Waals surface area contributed by atoms with Crippen LogP contribution in [0.25, 0.3) is 11.8 Å². The number of thiocarbonyl (C=S) groups is 1. The SMILES string of the molecule is CCCCn1c(N2CCCC2)c(/C=C2/SC(=S)N(c3c(C)n(C)n(-c4ccccc4)c3=O)C2=O)c(C)c(C#N)c1=O. The number of benzene rings is 1. The van der Waals surface area contributed by atoms with Gasteiger partial charge in [0.15, 0.2) is 4.32 Å². The quantitative estimate of drug-likeness (QED) is 0.293. The second kappa shape index (κ2) is 11.5. The maximum Gasteiger partial charge on any atom is 0.296 e. The molecule has 11 heteroatoms. The fourth-order valence-corrected chi connectivity index (χ4v) is 6.79. The molecule has 0 spiro atoms. The summed E-state index contributed by atoms with van der Waals surface area (Å²) in [4.78, 5) is 44.9. The Morgan fingerprint density at radius 3 is 2.39 bits per heavy atom. The normalized spacial score (nSPS) is 16.3. The molecular weight excluding hydrogens is 557 g/mol. The number of rotatable bonds is 7. The fraction of sp³-hybridized carbons (Fsp3) is 0.367. The Balaban J connectivity index is 1.66. The largest absolute Gasteiger partial charge is 0.357 e. The number of nitrogens with zero attached hydrogens (tertiary/aromatic N) is 6. The first-order valence-electron chi connectivity index (χ1n) is 13.8. The molecule has 1 aromatic carbocycles. The molecule has 3 aromatic rings. The highest BCUT2D eigenvalue weighted by Gasteiger charge is 2.38. The number of unbranched alkanes of at least 4 members (excludes halogenated alkanes) is 1. The van der Waals surface area contributed by atoms with Crippen LogP contribution in [0.15, 0.2) is 44.8 Å². The topological polar surface area (TPSA) is 96.3 Å². The van der Waals surface area contributed by atoms with Gasteiger partial charge in [0, 0.05) is 32.2 Å². The van der Waals surface area contributed by atoms with E-state index in [1.54, 1.807) is 36.2 Å². The Morgan fingerprint density at radius 2 is 1.76 bits per heavy atom. The van der Waals surface area contributed by atoms with E-state index in [-0.39, 0.29) is 26.7 Å². The highest BCUT2D eigenvalue weighted by atomic mass is 32.2. The lowest BCUT2D eigenvalue weighted by Gasteiger charge is -2.27. The number of anilines is 2. The van der Waals surface area contributed by atoms with E-state index >= 15 is 0 Å². The number of para-hydroxylation sites is 1. The van der Waals surface area contributed by atoms with Crippen LogP contribution in [0, 0.1) is 25.2 Å². The third-order valence-electron chi connectivity index (χ3n) is 7.80. The van der Waals surface area contributed by atoms with Crippen LogP contribution in [0.3, 0.4) is 0 Å². The number of carbonyl (C=O) groups is 1. The van der Waals surface area contributed by atoms with Gasteiger partial charge in [-0.05, 0) is 56.9 Å². The lowest BCUT2D eigenvalue weighted by Crippen LogP contribution is -2.34. The molecule has 0 bridgehead atoms. The van der Waals surface area contributed by atoms with Crippen LogP contribution in [0.1, 0.15) is 55.0 Å². The summed E-state index contributed by atoms with van der Waals surface area (Å²) in [7, 11) is 1.77. The number of nitriles is 1. The van der Waals surface area contributed by atoms with Gasteiger partial charge in [0.25, 0.3) is 17.0 Å². The zero-order valence-electron chi connectivity index (χ0n) is 23.6. The van der Waals surface area contributed by atoms with Crippen LogP contribution in [0.4, 0.5) is 11.5 Å². The molecule has 2 saturated heterocycles. The lowest BCUT2D eigenvalue weighted by molar-refractivity contribution is -0.113. The molecule has 0 radical (unpaired) electrons. The monoisotopic (exact) mass is 588 g/mol. The molecule has 2 aliphatic heterocycles. The molecule has 41 heavy (non-hydrogen) atoms. The van der Waals surface area contributed by atoms with Gasteiger partial charge >= 0.3 is 0 Å². The van der Waals surface area contributed by atoms with Crippen molar-refractivity contribution in [3.63, 3.8) is 0 Å². The molecule has 4 heterocycles. The average Bonchev–Trinajstić information content (AvgIpc) is 3.64. The predicted molar refractivity (Wildman–Crippen MR) is 168 cm³/mol. The van der Waals surface area contributed by atoms with Crippen molar-refractivity contribution in [3.05, 3.63) is 78.3 Å². The third kappa shape index (κ3) is 4.85. The number of pyridine rings is 1. The number of aromatic nitrogens is 3. The summed E-state index contributed by atoms with van der Waals surface area (Å²) in [5, 5.41) is 9.92. The Labute approximate surface area is 248 Å². The fourth-order valence-electron chi connectivity index (χ4n) is 5.54. The number of amides is 1. The van der Waals surface area contributed by atoms with Crippen LogP contribution >= 0.6 is 24.0 Å². The van der Waals surface area contributed by atoms with E-state index in [1.807, 2.05) is 30.3 Å². The van der Waals surface area contributed by atoms with Gasteiger partial charge in [0.2, 0.25) is 0 Å². The summed E-state index contributed by atoms with van der Waals surface area (Å²) in [5.74, 6) is 0.340. The van der Waals surface area contributed by atoms with Gasteiger partial charge in [-0.15, -0.1) is 0 Å². The van der Waals surface area contributed by atoms with Crippen LogP contribution in [0.5, 0.6) is 0 Å². The van der Waals surface area contributed by atoms with E-state index in [0.717, 1.165) is 56.4 Å². The van der Waals surface area contributed by atoms with E-state index in [0.29, 0.717) is 34.0 Å². The molecule has 0 saturated carbocycles. The van der Waals surface area contributed by atoms with E-state index in [1.165, 1.54) is 9.58 Å². The summed E-state index contributed by atoms with van der Waals surface area (Å²) in [6, 6.07) is 11.3. The highest BCUT2D eigenvalue weighted by Crippen LogP contribution is 2.39. The summed E-state index contributed by atoms with van der Waals surface area (Å²) >= 11 is 6.78. The number of thioether (sulfide) groups is 1. The first-order chi connectivity index (χ1) is 19.7. The second-order valence-corrected chi connectivity index (χ2v) is 12.0. The smallest absolute Gasteiger partial charge is 0.296 e. The summed E-state index contributed by atoms with van der Waals surface area (Å²) < 4.78 is 5.19. The molecule has 9 nitrogen and oxygen atoms in total. The van der Waals surface area contributed by atoms with E-state index in [2.05, 4.69) is 17.9 Å². The maximum absolute atomic E-state index is 13.9. The van der Waals surface area contributed by atoms with Crippen LogP contribution in [-0.4, -0.2) is 37.2 Å². The van der Waals surface area contributed by atoms with Crippen molar-refractivity contribution in [2.24, 2.45) is 7.05 Å². The minimum Gasteiger partial charge on any atom is -0.357 e. The van der Waals surface area contributed by atoms with E-state index in [4.69, 9.17) is 12.2 Å². The Bertz CT molecular complexity index is 1740. The zero-order valence-corrected chi connectivity index (χ0v) is 25.3. The molecule has 0 N–H and O–H groups in total. The van der Waals surface area contributed by atoms with E-state index in [9.17, 15) is 19.6 Å². The van der Waals surface area contributed by atoms with Crippen molar-refractivity contribution in [2.75, 3.05) is 22.9 Å². The van der Waals surface area contributed by atoms with Crippen LogP contribution in [0.2, 0.25) is 0 Å². The molecule has 0 atom stereocenters. The van der Waals surface area contributed by atoms with Crippen molar-refractivity contribution in [3.8, 4) is 11.8 Å². The predicted octanol–water partition coefficient (Wildman–Crippen LogP) is 4.63. The van der Waals surface area contributed by atoms with E-state index < -0.39 is 5.91 Å². The van der Waals surface area contributed by atoms with Gasteiger partial charge in [0.1, 0.15) is 23.1 Å². The van der Waals surface area contributed by atoms with Crippen molar-refractivity contribution < 1.29 is 4.79 Å². The molecule has 2 fully saturated rings.